The molecular weight excluding hydrogens is 483 g/mol. The fourth-order valence-corrected chi connectivity index (χ4v) is 5.14. The van der Waals surface area contributed by atoms with Gasteiger partial charge >= 0.3 is 0 Å². The number of carbonyl (C=O) groups excluding carboxylic acids is 2. The lowest BCUT2D eigenvalue weighted by molar-refractivity contribution is 0.0946. The van der Waals surface area contributed by atoms with E-state index in [1.807, 2.05) is 30.3 Å². The zero-order valence-electron chi connectivity index (χ0n) is 19.2. The Hall–Kier alpha value is -2.90. The molecule has 1 aliphatic heterocycles. The summed E-state index contributed by atoms with van der Waals surface area (Å²) in [7, 11) is 0. The van der Waals surface area contributed by atoms with Gasteiger partial charge in [-0.05, 0) is 76.2 Å². The van der Waals surface area contributed by atoms with E-state index in [4.69, 9.17) is 28.9 Å². The van der Waals surface area contributed by atoms with Crippen LogP contribution < -0.4 is 16.4 Å². The van der Waals surface area contributed by atoms with Gasteiger partial charge in [-0.25, -0.2) is 0 Å². The molecule has 2 amide bonds. The molecule has 0 unspecified atom stereocenters. The van der Waals surface area contributed by atoms with E-state index in [1.54, 1.807) is 18.2 Å². The van der Waals surface area contributed by atoms with Crippen LogP contribution in [0.1, 0.15) is 31.8 Å². The Kier molecular flexibility index (Phi) is 6.80. The van der Waals surface area contributed by atoms with Gasteiger partial charge in [0.25, 0.3) is 5.91 Å². The van der Waals surface area contributed by atoms with Crippen LogP contribution in [0.4, 0.5) is 0 Å². The Morgan fingerprint density at radius 1 is 0.943 bits per heavy atom. The monoisotopic (exact) mass is 508 g/mol. The second-order valence-corrected chi connectivity index (χ2v) is 9.75. The molecular formula is C27H26Cl2N4O2. The van der Waals surface area contributed by atoms with Crippen LogP contribution in [-0.4, -0.2) is 56.0 Å². The van der Waals surface area contributed by atoms with E-state index in [2.05, 4.69) is 15.5 Å². The first-order valence-electron chi connectivity index (χ1n) is 11.7. The van der Waals surface area contributed by atoms with Gasteiger partial charge in [-0.15, -0.1) is 0 Å². The lowest BCUT2D eigenvalue weighted by atomic mass is 9.93. The number of nitrogens with two attached hydrogens (primary N) is 1. The molecule has 180 valence electrons. The van der Waals surface area contributed by atoms with Crippen molar-refractivity contribution in [2.45, 2.75) is 6.42 Å². The van der Waals surface area contributed by atoms with E-state index in [0.29, 0.717) is 34.1 Å². The van der Waals surface area contributed by atoms with Crippen LogP contribution in [0.3, 0.4) is 0 Å². The molecule has 35 heavy (non-hydrogen) atoms. The Labute approximate surface area is 214 Å². The Morgan fingerprint density at radius 2 is 1.74 bits per heavy atom. The summed E-state index contributed by atoms with van der Waals surface area (Å²) in [5.74, 6) is -0.589. The number of nitrogens with one attached hydrogen (secondary N) is 2. The van der Waals surface area contributed by atoms with Gasteiger partial charge in [0, 0.05) is 50.4 Å². The number of amides is 2. The summed E-state index contributed by atoms with van der Waals surface area (Å²) >= 11 is 12.3. The molecule has 0 spiro atoms. The summed E-state index contributed by atoms with van der Waals surface area (Å²) in [4.78, 5) is 27.6. The van der Waals surface area contributed by atoms with Crippen LogP contribution in [-0.2, 0) is 6.42 Å². The normalized spacial score (nSPS) is 14.9. The molecule has 0 saturated carbocycles. The minimum Gasteiger partial charge on any atom is -0.366 e. The zero-order valence-corrected chi connectivity index (χ0v) is 20.7. The van der Waals surface area contributed by atoms with E-state index >= 15 is 0 Å². The number of benzene rings is 3. The fourth-order valence-electron chi connectivity index (χ4n) is 4.84. The van der Waals surface area contributed by atoms with Gasteiger partial charge in [0.05, 0.1) is 10.0 Å². The van der Waals surface area contributed by atoms with Gasteiger partial charge in [-0.1, -0.05) is 35.3 Å². The highest BCUT2D eigenvalue weighted by molar-refractivity contribution is 6.42. The predicted octanol–water partition coefficient (Wildman–Crippen LogP) is 3.97. The number of hydrogen-bond donors (Lipinski definition) is 3. The minimum atomic E-state index is -0.484. The number of fused-ring (bicyclic) bond motifs is 3. The fraction of sp³-hybridized carbons (Fsp3) is 0.259. The lowest BCUT2D eigenvalue weighted by Crippen LogP contribution is -2.46. The number of halogens is 2. The van der Waals surface area contributed by atoms with Crippen LogP contribution in [0.25, 0.3) is 22.3 Å². The molecule has 6 nitrogen and oxygen atoms in total. The molecule has 0 bridgehead atoms. The standard InChI is InChI=1S/C27H26Cl2N4O2/c28-24-4-3-16(15-25(24)29)19-13-21-20-12-18(27(35)32-7-10-33-8-5-31-6-9-33)2-1-17(20)11-22(21)23(14-19)26(30)34/h1-4,12-15,31H,5-11H2,(H2,30,34)(H,32,35). The van der Waals surface area contributed by atoms with Gasteiger partial charge in [0.15, 0.2) is 0 Å². The van der Waals surface area contributed by atoms with E-state index in [0.717, 1.165) is 66.1 Å². The third-order valence-corrected chi connectivity index (χ3v) is 7.46. The summed E-state index contributed by atoms with van der Waals surface area (Å²) in [6.45, 7) is 5.38. The molecule has 0 aromatic heterocycles. The lowest BCUT2D eigenvalue weighted by Gasteiger charge is -2.27. The molecule has 1 fully saturated rings. The largest absolute Gasteiger partial charge is 0.366 e. The number of piperazine rings is 1. The van der Waals surface area contributed by atoms with Crippen LogP contribution >= 0.6 is 23.2 Å². The van der Waals surface area contributed by atoms with E-state index in [-0.39, 0.29) is 5.91 Å². The van der Waals surface area contributed by atoms with E-state index in [1.165, 1.54) is 0 Å². The number of primary amides is 1. The topological polar surface area (TPSA) is 87.5 Å². The van der Waals surface area contributed by atoms with E-state index in [9.17, 15) is 9.59 Å². The van der Waals surface area contributed by atoms with Crippen molar-refractivity contribution in [3.05, 3.63) is 80.8 Å². The number of nitrogens with zero attached hydrogens (tertiary/aromatic N) is 1. The quantitative estimate of drug-likeness (QED) is 0.367. The Morgan fingerprint density at radius 3 is 2.49 bits per heavy atom. The average Bonchev–Trinajstić information content (AvgIpc) is 3.23. The highest BCUT2D eigenvalue weighted by Crippen LogP contribution is 2.42. The van der Waals surface area contributed by atoms with Crippen molar-refractivity contribution in [2.75, 3.05) is 39.3 Å². The van der Waals surface area contributed by atoms with Crippen molar-refractivity contribution in [2.24, 2.45) is 5.73 Å². The van der Waals surface area contributed by atoms with Crippen LogP contribution in [0, 0.1) is 0 Å². The molecule has 3 aromatic carbocycles. The van der Waals surface area contributed by atoms with Crippen LogP contribution in [0.15, 0.2) is 48.5 Å². The van der Waals surface area contributed by atoms with Crippen molar-refractivity contribution in [3.63, 3.8) is 0 Å². The molecule has 1 saturated heterocycles. The molecule has 0 radical (unpaired) electrons. The van der Waals surface area contributed by atoms with Crippen molar-refractivity contribution < 1.29 is 9.59 Å². The first-order chi connectivity index (χ1) is 16.9. The van der Waals surface area contributed by atoms with E-state index < -0.39 is 5.91 Å². The molecule has 5 rings (SSSR count). The molecule has 2 aliphatic rings. The Bertz CT molecular complexity index is 1320. The molecule has 8 heteroatoms. The summed E-state index contributed by atoms with van der Waals surface area (Å²) in [5, 5.41) is 7.27. The van der Waals surface area contributed by atoms with Gasteiger partial charge < -0.3 is 16.4 Å². The maximum Gasteiger partial charge on any atom is 0.251 e. The molecule has 1 aliphatic carbocycles. The summed E-state index contributed by atoms with van der Waals surface area (Å²) < 4.78 is 0. The number of hydrogen-bond acceptors (Lipinski definition) is 4. The van der Waals surface area contributed by atoms with Gasteiger partial charge in [-0.2, -0.15) is 0 Å². The molecule has 3 aromatic rings. The highest BCUT2D eigenvalue weighted by atomic mass is 35.5. The average molecular weight is 509 g/mol. The van der Waals surface area contributed by atoms with Crippen molar-refractivity contribution in [1.82, 2.24) is 15.5 Å². The van der Waals surface area contributed by atoms with Gasteiger partial charge in [-0.3, -0.25) is 14.5 Å². The SMILES string of the molecule is NC(=O)c1cc(-c2ccc(Cl)c(Cl)c2)cc2c1Cc1ccc(C(=O)NCCN3CCNCC3)cc1-2. The van der Waals surface area contributed by atoms with Crippen molar-refractivity contribution >= 4 is 35.0 Å². The second kappa shape index (κ2) is 9.99. The zero-order chi connectivity index (χ0) is 24.5. The third-order valence-electron chi connectivity index (χ3n) is 6.72. The molecule has 1 heterocycles. The number of rotatable bonds is 6. The summed E-state index contributed by atoms with van der Waals surface area (Å²) in [5.41, 5.74) is 12.3. The maximum atomic E-state index is 12.9. The molecule has 0 atom stereocenters. The third kappa shape index (κ3) is 4.93. The smallest absolute Gasteiger partial charge is 0.251 e. The summed E-state index contributed by atoms with van der Waals surface area (Å²) in [6.07, 6.45) is 0.593. The predicted molar refractivity (Wildman–Crippen MR) is 140 cm³/mol. The first-order valence-corrected chi connectivity index (χ1v) is 12.4. The van der Waals surface area contributed by atoms with Crippen molar-refractivity contribution in [3.8, 4) is 22.3 Å². The maximum absolute atomic E-state index is 12.9. The molecule has 4 N–H and O–H groups in total. The highest BCUT2D eigenvalue weighted by Gasteiger charge is 2.25. The minimum absolute atomic E-state index is 0.104. The van der Waals surface area contributed by atoms with Gasteiger partial charge in [0.1, 0.15) is 0 Å². The Balaban J connectivity index is 1.43. The summed E-state index contributed by atoms with van der Waals surface area (Å²) in [6, 6.07) is 14.9. The number of carbonyl (C=O) groups is 2. The second-order valence-electron chi connectivity index (χ2n) is 8.94. The van der Waals surface area contributed by atoms with Crippen LogP contribution in [0.5, 0.6) is 0 Å². The van der Waals surface area contributed by atoms with Crippen molar-refractivity contribution in [1.29, 1.82) is 0 Å². The first kappa shape index (κ1) is 23.8. The van der Waals surface area contributed by atoms with Gasteiger partial charge in [0.2, 0.25) is 5.91 Å². The van der Waals surface area contributed by atoms with Crippen LogP contribution in [0.2, 0.25) is 10.0 Å².